The highest BCUT2D eigenvalue weighted by molar-refractivity contribution is 6.30. The number of nitrogen functional groups attached to an aromatic ring is 1. The molecule has 2 N–H and O–H groups in total. The van der Waals surface area contributed by atoms with Crippen LogP contribution in [0.3, 0.4) is 0 Å². The van der Waals surface area contributed by atoms with E-state index in [4.69, 9.17) is 17.3 Å². The Labute approximate surface area is 123 Å². The summed E-state index contributed by atoms with van der Waals surface area (Å²) in [5, 5.41) is 0.567. The van der Waals surface area contributed by atoms with Crippen LogP contribution in [-0.4, -0.2) is 41.2 Å². The molecule has 0 aliphatic carbocycles. The van der Waals surface area contributed by atoms with Crippen LogP contribution in [0.2, 0.25) is 5.02 Å². The van der Waals surface area contributed by atoms with Gasteiger partial charge in [0.25, 0.3) is 0 Å². The van der Waals surface area contributed by atoms with Gasteiger partial charge in [-0.05, 0) is 30.2 Å². The number of carbonyl (C=O) groups excluding carboxylic acids is 2. The van der Waals surface area contributed by atoms with Gasteiger partial charge in [-0.2, -0.15) is 0 Å². The van der Waals surface area contributed by atoms with E-state index in [2.05, 4.69) is 0 Å². The summed E-state index contributed by atoms with van der Waals surface area (Å²) in [5.41, 5.74) is 7.21. The topological polar surface area (TPSA) is 66.6 Å². The van der Waals surface area contributed by atoms with Crippen molar-refractivity contribution >= 4 is 29.1 Å². The number of benzene rings is 1. The summed E-state index contributed by atoms with van der Waals surface area (Å²) >= 11 is 5.93. The Morgan fingerprint density at radius 1 is 1.20 bits per heavy atom. The molecule has 0 bridgehead atoms. The van der Waals surface area contributed by atoms with Crippen LogP contribution >= 0.6 is 11.6 Å². The standard InChI is InChI=1S/C14H18ClN3O2/c1-2-5-17-8-14(20)18(9-13(17)19)7-10-6-11(15)3-4-12(10)16/h3-4,6H,2,5,7-9,16H2,1H3. The molecule has 0 atom stereocenters. The van der Waals surface area contributed by atoms with Crippen molar-refractivity contribution in [2.24, 2.45) is 0 Å². The van der Waals surface area contributed by atoms with Crippen LogP contribution < -0.4 is 5.73 Å². The van der Waals surface area contributed by atoms with Crippen LogP contribution in [0.1, 0.15) is 18.9 Å². The second-order valence-corrected chi connectivity index (χ2v) is 5.34. The molecule has 5 nitrogen and oxygen atoms in total. The average Bonchev–Trinajstić information content (AvgIpc) is 2.40. The molecule has 1 aliphatic rings. The van der Waals surface area contributed by atoms with Gasteiger partial charge in [0, 0.05) is 23.8 Å². The Hall–Kier alpha value is -1.75. The molecule has 20 heavy (non-hydrogen) atoms. The molecule has 1 fully saturated rings. The van der Waals surface area contributed by atoms with Crippen LogP contribution in [-0.2, 0) is 16.1 Å². The third-order valence-corrected chi connectivity index (χ3v) is 3.55. The van der Waals surface area contributed by atoms with Crippen molar-refractivity contribution in [1.29, 1.82) is 0 Å². The van der Waals surface area contributed by atoms with Gasteiger partial charge in [-0.3, -0.25) is 9.59 Å². The molecule has 0 spiro atoms. The summed E-state index contributed by atoms with van der Waals surface area (Å²) in [6, 6.07) is 5.14. The first-order valence-electron chi connectivity index (χ1n) is 6.60. The maximum absolute atomic E-state index is 12.1. The molecular formula is C14H18ClN3O2. The number of nitrogens with zero attached hydrogens (tertiary/aromatic N) is 2. The van der Waals surface area contributed by atoms with Gasteiger partial charge in [-0.15, -0.1) is 0 Å². The van der Waals surface area contributed by atoms with Gasteiger partial charge >= 0.3 is 0 Å². The van der Waals surface area contributed by atoms with E-state index in [1.54, 1.807) is 23.1 Å². The fourth-order valence-electron chi connectivity index (χ4n) is 2.24. The molecular weight excluding hydrogens is 278 g/mol. The summed E-state index contributed by atoms with van der Waals surface area (Å²) in [7, 11) is 0. The monoisotopic (exact) mass is 295 g/mol. The highest BCUT2D eigenvalue weighted by atomic mass is 35.5. The first-order valence-corrected chi connectivity index (χ1v) is 6.98. The van der Waals surface area contributed by atoms with Gasteiger partial charge in [0.15, 0.2) is 0 Å². The van der Waals surface area contributed by atoms with Crippen molar-refractivity contribution < 1.29 is 9.59 Å². The van der Waals surface area contributed by atoms with E-state index < -0.39 is 0 Å². The van der Waals surface area contributed by atoms with Crippen molar-refractivity contribution in [1.82, 2.24) is 9.80 Å². The number of hydrogen-bond donors (Lipinski definition) is 1. The molecule has 1 saturated heterocycles. The van der Waals surface area contributed by atoms with Gasteiger partial charge in [-0.25, -0.2) is 0 Å². The number of amides is 2. The lowest BCUT2D eigenvalue weighted by Crippen LogP contribution is -2.53. The third kappa shape index (κ3) is 3.22. The van der Waals surface area contributed by atoms with E-state index in [9.17, 15) is 9.59 Å². The lowest BCUT2D eigenvalue weighted by atomic mass is 10.1. The highest BCUT2D eigenvalue weighted by Gasteiger charge is 2.29. The number of anilines is 1. The molecule has 2 amide bonds. The SMILES string of the molecule is CCCN1CC(=O)N(Cc2cc(Cl)ccc2N)CC1=O. The number of nitrogens with two attached hydrogens (primary N) is 1. The van der Waals surface area contributed by atoms with Gasteiger partial charge in [0.2, 0.25) is 11.8 Å². The number of hydrogen-bond acceptors (Lipinski definition) is 3. The zero-order valence-electron chi connectivity index (χ0n) is 11.4. The molecule has 0 aromatic heterocycles. The van der Waals surface area contributed by atoms with E-state index in [0.29, 0.717) is 23.8 Å². The van der Waals surface area contributed by atoms with Gasteiger partial charge in [0.1, 0.15) is 6.54 Å². The van der Waals surface area contributed by atoms with Crippen molar-refractivity contribution in [3.05, 3.63) is 28.8 Å². The maximum atomic E-state index is 12.1. The first kappa shape index (κ1) is 14.7. The molecule has 1 aliphatic heterocycles. The fraction of sp³-hybridized carbons (Fsp3) is 0.429. The smallest absolute Gasteiger partial charge is 0.242 e. The lowest BCUT2D eigenvalue weighted by Gasteiger charge is -2.34. The normalized spacial score (nSPS) is 15.9. The van der Waals surface area contributed by atoms with Crippen LogP contribution in [0.4, 0.5) is 5.69 Å². The quantitative estimate of drug-likeness (QED) is 0.856. The van der Waals surface area contributed by atoms with Crippen LogP contribution in [0.15, 0.2) is 18.2 Å². The minimum absolute atomic E-state index is 0.0213. The molecule has 108 valence electrons. The predicted molar refractivity (Wildman–Crippen MR) is 78.2 cm³/mol. The maximum Gasteiger partial charge on any atom is 0.242 e. The van der Waals surface area contributed by atoms with E-state index in [1.807, 2.05) is 6.92 Å². The Morgan fingerprint density at radius 3 is 2.55 bits per heavy atom. The molecule has 0 unspecified atom stereocenters. The largest absolute Gasteiger partial charge is 0.398 e. The second kappa shape index (κ2) is 6.13. The number of rotatable bonds is 4. The molecule has 6 heteroatoms. The van der Waals surface area contributed by atoms with Crippen LogP contribution in [0.5, 0.6) is 0 Å². The van der Waals surface area contributed by atoms with Crippen LogP contribution in [0, 0.1) is 0 Å². The predicted octanol–water partition coefficient (Wildman–Crippen LogP) is 1.50. The summed E-state index contributed by atoms with van der Waals surface area (Å²) in [6.07, 6.45) is 0.847. The average molecular weight is 296 g/mol. The van der Waals surface area contributed by atoms with Crippen LogP contribution in [0.25, 0.3) is 0 Å². The minimum Gasteiger partial charge on any atom is -0.398 e. The van der Waals surface area contributed by atoms with E-state index in [1.165, 1.54) is 4.90 Å². The summed E-state index contributed by atoms with van der Waals surface area (Å²) in [4.78, 5) is 27.2. The van der Waals surface area contributed by atoms with Crippen molar-refractivity contribution in [2.45, 2.75) is 19.9 Å². The molecule has 1 aromatic rings. The third-order valence-electron chi connectivity index (χ3n) is 3.32. The number of piperazine rings is 1. The molecule has 0 saturated carbocycles. The van der Waals surface area contributed by atoms with Crippen molar-refractivity contribution in [2.75, 3.05) is 25.4 Å². The summed E-state index contributed by atoms with van der Waals surface area (Å²) in [6.45, 7) is 3.17. The fourth-order valence-corrected chi connectivity index (χ4v) is 2.43. The number of carbonyl (C=O) groups is 2. The molecule has 0 radical (unpaired) electrons. The zero-order chi connectivity index (χ0) is 14.7. The van der Waals surface area contributed by atoms with Crippen molar-refractivity contribution in [3.63, 3.8) is 0 Å². The van der Waals surface area contributed by atoms with Gasteiger partial charge < -0.3 is 15.5 Å². The second-order valence-electron chi connectivity index (χ2n) is 4.91. The minimum atomic E-state index is -0.0579. The molecule has 1 aromatic carbocycles. The lowest BCUT2D eigenvalue weighted by molar-refractivity contribution is -0.150. The van der Waals surface area contributed by atoms with E-state index in [0.717, 1.165) is 12.0 Å². The zero-order valence-corrected chi connectivity index (χ0v) is 12.2. The summed E-state index contributed by atoms with van der Waals surface area (Å²) in [5.74, 6) is -0.0792. The Morgan fingerprint density at radius 2 is 1.85 bits per heavy atom. The molecule has 2 rings (SSSR count). The Bertz CT molecular complexity index is 533. The highest BCUT2D eigenvalue weighted by Crippen LogP contribution is 2.20. The van der Waals surface area contributed by atoms with Crippen molar-refractivity contribution in [3.8, 4) is 0 Å². The van der Waals surface area contributed by atoms with E-state index in [-0.39, 0.29) is 24.9 Å². The molecule has 1 heterocycles. The Balaban J connectivity index is 2.09. The van der Waals surface area contributed by atoms with E-state index >= 15 is 0 Å². The first-order chi connectivity index (χ1) is 9.51. The van der Waals surface area contributed by atoms with Gasteiger partial charge in [0.05, 0.1) is 6.54 Å². The summed E-state index contributed by atoms with van der Waals surface area (Å²) < 4.78 is 0. The number of halogens is 1. The van der Waals surface area contributed by atoms with Gasteiger partial charge in [-0.1, -0.05) is 18.5 Å². The Kier molecular flexibility index (Phi) is 4.49.